The summed E-state index contributed by atoms with van der Waals surface area (Å²) in [5.41, 5.74) is 6.16. The molecule has 2 N–H and O–H groups in total. The Hall–Kier alpha value is -0.120. The molecule has 16 heavy (non-hydrogen) atoms. The smallest absolute Gasteiger partial charge is 0.0615 e. The van der Waals surface area contributed by atoms with Crippen LogP contribution in [-0.4, -0.2) is 44.3 Å². The van der Waals surface area contributed by atoms with Crippen LogP contribution in [-0.2, 0) is 4.74 Å². The van der Waals surface area contributed by atoms with E-state index in [1.165, 1.54) is 12.8 Å². The molecule has 3 heteroatoms. The molecule has 0 saturated heterocycles. The summed E-state index contributed by atoms with van der Waals surface area (Å²) in [5, 5.41) is 0. The van der Waals surface area contributed by atoms with E-state index in [4.69, 9.17) is 10.5 Å². The van der Waals surface area contributed by atoms with Gasteiger partial charge in [-0.1, -0.05) is 27.2 Å². The molecule has 2 atom stereocenters. The Kier molecular flexibility index (Phi) is 7.98. The van der Waals surface area contributed by atoms with Crippen molar-refractivity contribution >= 4 is 0 Å². The average Bonchev–Trinajstić information content (AvgIpc) is 2.26. The molecule has 0 fully saturated rings. The summed E-state index contributed by atoms with van der Waals surface area (Å²) in [7, 11) is 1.76. The van der Waals surface area contributed by atoms with Crippen molar-refractivity contribution in [2.45, 2.75) is 46.6 Å². The first-order chi connectivity index (χ1) is 7.52. The van der Waals surface area contributed by atoms with Gasteiger partial charge >= 0.3 is 0 Å². The summed E-state index contributed by atoms with van der Waals surface area (Å²) in [4.78, 5) is 2.46. The van der Waals surface area contributed by atoms with Gasteiger partial charge in [0.15, 0.2) is 0 Å². The third-order valence-corrected chi connectivity index (χ3v) is 3.37. The molecule has 0 aliphatic carbocycles. The van der Waals surface area contributed by atoms with E-state index in [1.807, 2.05) is 0 Å². The normalized spacial score (nSPS) is 17.4. The number of rotatable bonds is 9. The molecule has 0 aromatic heterocycles. The first-order valence-electron chi connectivity index (χ1n) is 6.46. The molecule has 98 valence electrons. The Morgan fingerprint density at radius 1 is 1.38 bits per heavy atom. The van der Waals surface area contributed by atoms with Gasteiger partial charge in [0.05, 0.1) is 6.61 Å². The van der Waals surface area contributed by atoms with Crippen LogP contribution in [0.4, 0.5) is 0 Å². The maximum atomic E-state index is 5.91. The number of likely N-dealkylation sites (N-methyl/N-ethyl adjacent to an activating group) is 1. The van der Waals surface area contributed by atoms with Gasteiger partial charge < -0.3 is 10.5 Å². The van der Waals surface area contributed by atoms with E-state index >= 15 is 0 Å². The Labute approximate surface area is 101 Å². The highest BCUT2D eigenvalue weighted by Gasteiger charge is 2.26. The van der Waals surface area contributed by atoms with E-state index in [-0.39, 0.29) is 5.41 Å². The molecule has 0 aliphatic rings. The van der Waals surface area contributed by atoms with Crippen LogP contribution >= 0.6 is 0 Å². The van der Waals surface area contributed by atoms with E-state index in [1.54, 1.807) is 7.11 Å². The van der Waals surface area contributed by atoms with Crippen molar-refractivity contribution in [3.8, 4) is 0 Å². The molecule has 2 unspecified atom stereocenters. The minimum absolute atomic E-state index is 0.243. The predicted octanol–water partition coefficient (Wildman–Crippen LogP) is 2.11. The van der Waals surface area contributed by atoms with Crippen LogP contribution < -0.4 is 5.73 Å². The molecule has 0 aromatic rings. The fourth-order valence-corrected chi connectivity index (χ4v) is 2.27. The lowest BCUT2D eigenvalue weighted by Crippen LogP contribution is -2.45. The summed E-state index contributed by atoms with van der Waals surface area (Å²) in [6.07, 6.45) is 2.39. The van der Waals surface area contributed by atoms with Gasteiger partial charge in [0.25, 0.3) is 0 Å². The van der Waals surface area contributed by atoms with E-state index in [9.17, 15) is 0 Å². The molecular weight excluding hydrogens is 200 g/mol. The number of nitrogens with zero attached hydrogens (tertiary/aromatic N) is 1. The highest BCUT2D eigenvalue weighted by Crippen LogP contribution is 2.24. The molecule has 0 radical (unpaired) electrons. The van der Waals surface area contributed by atoms with Gasteiger partial charge in [0, 0.05) is 19.7 Å². The van der Waals surface area contributed by atoms with Crippen molar-refractivity contribution in [1.29, 1.82) is 0 Å². The fourth-order valence-electron chi connectivity index (χ4n) is 2.27. The topological polar surface area (TPSA) is 38.5 Å². The van der Waals surface area contributed by atoms with Crippen molar-refractivity contribution in [2.24, 2.45) is 11.1 Å². The molecule has 3 nitrogen and oxygen atoms in total. The number of hydrogen-bond acceptors (Lipinski definition) is 3. The SMILES string of the molecule is CCCC(C)(CN)CN(CC)C(C)COC. The van der Waals surface area contributed by atoms with E-state index in [0.717, 1.165) is 26.2 Å². The molecule has 0 aliphatic heterocycles. The molecular formula is C13H30N2O. The average molecular weight is 230 g/mol. The quantitative estimate of drug-likeness (QED) is 0.659. The lowest BCUT2D eigenvalue weighted by Gasteiger charge is -2.37. The molecule has 0 heterocycles. The summed E-state index contributed by atoms with van der Waals surface area (Å²) in [5.74, 6) is 0. The van der Waals surface area contributed by atoms with E-state index < -0.39 is 0 Å². The van der Waals surface area contributed by atoms with Crippen LogP contribution in [0.5, 0.6) is 0 Å². The second-order valence-corrected chi connectivity index (χ2v) is 5.13. The van der Waals surface area contributed by atoms with Crippen molar-refractivity contribution in [2.75, 3.05) is 33.4 Å². The highest BCUT2D eigenvalue weighted by molar-refractivity contribution is 4.81. The number of methoxy groups -OCH3 is 1. The van der Waals surface area contributed by atoms with Gasteiger partial charge in [-0.3, -0.25) is 4.90 Å². The van der Waals surface area contributed by atoms with Crippen molar-refractivity contribution in [3.05, 3.63) is 0 Å². The maximum Gasteiger partial charge on any atom is 0.0615 e. The van der Waals surface area contributed by atoms with Crippen LogP contribution in [0.2, 0.25) is 0 Å². The summed E-state index contributed by atoms with van der Waals surface area (Å²) in [6, 6.07) is 0.470. The molecule has 0 rings (SSSR count). The largest absolute Gasteiger partial charge is 0.383 e. The second kappa shape index (κ2) is 8.04. The molecule has 0 amide bonds. The zero-order chi connectivity index (χ0) is 12.6. The minimum Gasteiger partial charge on any atom is -0.383 e. The van der Waals surface area contributed by atoms with Crippen LogP contribution in [0.1, 0.15) is 40.5 Å². The summed E-state index contributed by atoms with van der Waals surface area (Å²) < 4.78 is 5.22. The second-order valence-electron chi connectivity index (χ2n) is 5.13. The lowest BCUT2D eigenvalue weighted by atomic mass is 9.85. The molecule has 0 aromatic carbocycles. The third-order valence-electron chi connectivity index (χ3n) is 3.37. The summed E-state index contributed by atoms with van der Waals surface area (Å²) >= 11 is 0. The van der Waals surface area contributed by atoms with E-state index in [2.05, 4.69) is 32.6 Å². The number of nitrogens with two attached hydrogens (primary N) is 1. The van der Waals surface area contributed by atoms with Crippen molar-refractivity contribution < 1.29 is 4.74 Å². The molecule has 0 bridgehead atoms. The van der Waals surface area contributed by atoms with Crippen LogP contribution in [0.25, 0.3) is 0 Å². The first-order valence-corrected chi connectivity index (χ1v) is 6.46. The van der Waals surface area contributed by atoms with Crippen LogP contribution in [0.15, 0.2) is 0 Å². The summed E-state index contributed by atoms with van der Waals surface area (Å²) in [6.45, 7) is 12.6. The standard InChI is InChI=1S/C13H30N2O/c1-6-8-13(4,10-14)11-15(7-2)12(3)9-16-5/h12H,6-11,14H2,1-5H3. The van der Waals surface area contributed by atoms with Crippen LogP contribution in [0.3, 0.4) is 0 Å². The van der Waals surface area contributed by atoms with Gasteiger partial charge in [-0.25, -0.2) is 0 Å². The Morgan fingerprint density at radius 2 is 2.00 bits per heavy atom. The highest BCUT2D eigenvalue weighted by atomic mass is 16.5. The Morgan fingerprint density at radius 3 is 2.38 bits per heavy atom. The lowest BCUT2D eigenvalue weighted by molar-refractivity contribution is 0.0701. The Bertz CT molecular complexity index is 175. The van der Waals surface area contributed by atoms with Gasteiger partial charge in [-0.2, -0.15) is 0 Å². The minimum atomic E-state index is 0.243. The van der Waals surface area contributed by atoms with E-state index in [0.29, 0.717) is 6.04 Å². The molecule has 0 saturated carbocycles. The van der Waals surface area contributed by atoms with Gasteiger partial charge in [0.1, 0.15) is 0 Å². The van der Waals surface area contributed by atoms with Gasteiger partial charge in [-0.15, -0.1) is 0 Å². The predicted molar refractivity (Wildman–Crippen MR) is 70.7 cm³/mol. The zero-order valence-electron chi connectivity index (χ0n) is 11.8. The maximum absolute atomic E-state index is 5.91. The third kappa shape index (κ3) is 5.28. The zero-order valence-corrected chi connectivity index (χ0v) is 11.8. The van der Waals surface area contributed by atoms with Crippen LogP contribution in [0, 0.1) is 5.41 Å². The number of hydrogen-bond donors (Lipinski definition) is 1. The molecule has 0 spiro atoms. The van der Waals surface area contributed by atoms with Gasteiger partial charge in [-0.05, 0) is 31.8 Å². The van der Waals surface area contributed by atoms with Crippen molar-refractivity contribution in [3.63, 3.8) is 0 Å². The van der Waals surface area contributed by atoms with Crippen molar-refractivity contribution in [1.82, 2.24) is 4.90 Å². The fraction of sp³-hybridized carbons (Fsp3) is 1.00. The Balaban J connectivity index is 4.37. The number of ether oxygens (including phenoxy) is 1. The van der Waals surface area contributed by atoms with Gasteiger partial charge in [0.2, 0.25) is 0 Å². The monoisotopic (exact) mass is 230 g/mol. The first kappa shape index (κ1) is 15.9.